The van der Waals surface area contributed by atoms with E-state index in [1.54, 1.807) is 0 Å². The van der Waals surface area contributed by atoms with Crippen molar-refractivity contribution in [1.29, 1.82) is 0 Å². The fourth-order valence-electron chi connectivity index (χ4n) is 2.23. The lowest BCUT2D eigenvalue weighted by Crippen LogP contribution is -2.24. The number of pyridine rings is 1. The molecule has 1 aromatic heterocycles. The molecule has 0 atom stereocenters. The van der Waals surface area contributed by atoms with Gasteiger partial charge in [0.25, 0.3) is 17.4 Å². The van der Waals surface area contributed by atoms with E-state index in [2.05, 4.69) is 0 Å². The van der Waals surface area contributed by atoms with Gasteiger partial charge in [0.05, 0.1) is 21.8 Å². The van der Waals surface area contributed by atoms with Crippen LogP contribution in [-0.2, 0) is 0 Å². The van der Waals surface area contributed by atoms with Gasteiger partial charge in [-0.3, -0.25) is 24.3 Å². The van der Waals surface area contributed by atoms with Gasteiger partial charge >= 0.3 is 0 Å². The zero-order chi connectivity index (χ0) is 16.2. The molecule has 9 heteroatoms. The molecule has 0 unspecified atom stereocenters. The van der Waals surface area contributed by atoms with Gasteiger partial charge in [-0.1, -0.05) is 11.6 Å². The molecule has 0 aliphatic carbocycles. The van der Waals surface area contributed by atoms with Crippen molar-refractivity contribution in [3.63, 3.8) is 0 Å². The highest BCUT2D eigenvalue weighted by atomic mass is 35.5. The summed E-state index contributed by atoms with van der Waals surface area (Å²) in [5.74, 6) is -3.34. The van der Waals surface area contributed by atoms with Crippen LogP contribution in [0.25, 0.3) is 5.69 Å². The van der Waals surface area contributed by atoms with Crippen molar-refractivity contribution in [3.05, 3.63) is 50.5 Å². The summed E-state index contributed by atoms with van der Waals surface area (Å²) < 4.78 is 14.1. The first-order chi connectivity index (χ1) is 10.3. The maximum Gasteiger partial charge on any atom is 0.262 e. The van der Waals surface area contributed by atoms with Crippen LogP contribution in [0.4, 0.5) is 10.2 Å². The van der Waals surface area contributed by atoms with Crippen LogP contribution in [0.15, 0.2) is 23.0 Å². The predicted molar refractivity (Wildman–Crippen MR) is 74.9 cm³/mol. The number of anilines is 1. The zero-order valence-corrected chi connectivity index (χ0v) is 11.4. The molecule has 4 N–H and O–H groups in total. The summed E-state index contributed by atoms with van der Waals surface area (Å²) >= 11 is 5.63. The zero-order valence-electron chi connectivity index (χ0n) is 10.7. The average molecular weight is 324 g/mol. The third kappa shape index (κ3) is 1.85. The number of hydrogen-bond donors (Lipinski definition) is 3. The molecule has 2 amide bonds. The lowest BCUT2D eigenvalue weighted by atomic mass is 10.1. The summed E-state index contributed by atoms with van der Waals surface area (Å²) in [5, 5.41) is 11.5. The number of hydrogen-bond acceptors (Lipinski definition) is 5. The second-order valence-corrected chi connectivity index (χ2v) is 4.94. The van der Waals surface area contributed by atoms with Gasteiger partial charge in [-0.05, 0) is 6.07 Å². The Bertz CT molecular complexity index is 922. The number of halogens is 2. The quantitative estimate of drug-likeness (QED) is 0.672. The van der Waals surface area contributed by atoms with Crippen molar-refractivity contribution in [1.82, 2.24) is 9.88 Å². The van der Waals surface area contributed by atoms with Gasteiger partial charge < -0.3 is 10.8 Å². The van der Waals surface area contributed by atoms with Crippen molar-refractivity contribution in [3.8, 4) is 11.4 Å². The fourth-order valence-corrected chi connectivity index (χ4v) is 2.39. The third-order valence-corrected chi connectivity index (χ3v) is 3.50. The smallest absolute Gasteiger partial charge is 0.262 e. The van der Waals surface area contributed by atoms with Crippen molar-refractivity contribution in [2.45, 2.75) is 0 Å². The Morgan fingerprint density at radius 3 is 2.55 bits per heavy atom. The van der Waals surface area contributed by atoms with E-state index in [-0.39, 0.29) is 27.7 Å². The Hall–Kier alpha value is -2.87. The highest BCUT2D eigenvalue weighted by Gasteiger charge is 2.32. The summed E-state index contributed by atoms with van der Waals surface area (Å²) in [5.41, 5.74) is 4.45. The first kappa shape index (κ1) is 14.1. The van der Waals surface area contributed by atoms with Crippen LogP contribution in [0.3, 0.4) is 0 Å². The largest absolute Gasteiger partial charge is 0.506 e. The summed E-state index contributed by atoms with van der Waals surface area (Å²) in [4.78, 5) is 35.4. The molecule has 1 aliphatic heterocycles. The Balaban J connectivity index is 2.37. The number of nitrogen functional groups attached to an aromatic ring is 1. The number of nitrogens with two attached hydrogens (primary N) is 1. The average Bonchev–Trinajstić information content (AvgIpc) is 2.70. The van der Waals surface area contributed by atoms with Gasteiger partial charge in [0.1, 0.15) is 17.4 Å². The second-order valence-electron chi connectivity index (χ2n) is 4.53. The molecule has 112 valence electrons. The van der Waals surface area contributed by atoms with E-state index >= 15 is 0 Å². The van der Waals surface area contributed by atoms with E-state index in [0.717, 1.165) is 16.7 Å². The van der Waals surface area contributed by atoms with Crippen LogP contribution in [0, 0.1) is 5.82 Å². The first-order valence-corrected chi connectivity index (χ1v) is 6.28. The molecule has 0 spiro atoms. The highest BCUT2D eigenvalue weighted by molar-refractivity contribution is 6.31. The molecule has 22 heavy (non-hydrogen) atoms. The SMILES string of the molecule is Nc1c2c(cc(=O)n1-c1cc(Cl)c(F)cc1O)C(=O)NC2=O. The number of aromatic hydroxyl groups is 1. The molecule has 0 bridgehead atoms. The third-order valence-electron chi connectivity index (χ3n) is 3.21. The van der Waals surface area contributed by atoms with E-state index in [0.29, 0.717) is 6.07 Å². The highest BCUT2D eigenvalue weighted by Crippen LogP contribution is 2.30. The number of rotatable bonds is 1. The van der Waals surface area contributed by atoms with Gasteiger partial charge in [0.15, 0.2) is 0 Å². The van der Waals surface area contributed by atoms with Crippen LogP contribution >= 0.6 is 11.6 Å². The molecule has 0 radical (unpaired) electrons. The van der Waals surface area contributed by atoms with Crippen molar-refractivity contribution in [2.24, 2.45) is 0 Å². The standard InChI is InChI=1S/C13H7ClFN3O4/c14-5-2-7(8(19)3-6(5)15)18-9(20)1-4-10(11(18)16)13(22)17-12(4)21/h1-3,19H,16H2,(H,17,21,22). The molecule has 0 saturated carbocycles. The van der Waals surface area contributed by atoms with E-state index in [1.807, 2.05) is 5.32 Å². The maximum atomic E-state index is 13.3. The first-order valence-electron chi connectivity index (χ1n) is 5.91. The topological polar surface area (TPSA) is 114 Å². The maximum absolute atomic E-state index is 13.3. The monoisotopic (exact) mass is 323 g/mol. The second kappa shape index (κ2) is 4.57. The molecule has 1 aromatic carbocycles. The van der Waals surface area contributed by atoms with E-state index in [4.69, 9.17) is 17.3 Å². The number of amides is 2. The van der Waals surface area contributed by atoms with Crippen molar-refractivity contribution < 1.29 is 19.1 Å². The van der Waals surface area contributed by atoms with Gasteiger partial charge in [0, 0.05) is 12.1 Å². The number of nitrogens with one attached hydrogen (secondary N) is 1. The Morgan fingerprint density at radius 2 is 1.86 bits per heavy atom. The molecule has 3 rings (SSSR count). The number of carbonyl (C=O) groups is 2. The van der Waals surface area contributed by atoms with E-state index < -0.39 is 28.9 Å². The Morgan fingerprint density at radius 1 is 1.18 bits per heavy atom. The van der Waals surface area contributed by atoms with Crippen LogP contribution in [-0.4, -0.2) is 21.5 Å². The Kier molecular flexibility index (Phi) is 2.92. The van der Waals surface area contributed by atoms with Crippen LogP contribution in [0.2, 0.25) is 5.02 Å². The number of benzene rings is 1. The number of phenols is 1. The summed E-state index contributed by atoms with van der Waals surface area (Å²) in [6.07, 6.45) is 0. The summed E-state index contributed by atoms with van der Waals surface area (Å²) in [6.45, 7) is 0. The van der Waals surface area contributed by atoms with Crippen LogP contribution in [0.1, 0.15) is 20.7 Å². The molecule has 1 aliphatic rings. The van der Waals surface area contributed by atoms with Crippen LogP contribution in [0.5, 0.6) is 5.75 Å². The minimum absolute atomic E-state index is 0.156. The lowest BCUT2D eigenvalue weighted by molar-refractivity contribution is 0.0880. The number of nitrogens with zero attached hydrogens (tertiary/aromatic N) is 1. The lowest BCUT2D eigenvalue weighted by Gasteiger charge is -2.13. The molecular formula is C13H7ClFN3O4. The molecule has 0 saturated heterocycles. The van der Waals surface area contributed by atoms with E-state index in [1.165, 1.54) is 0 Å². The molecule has 7 nitrogen and oxygen atoms in total. The normalized spacial score (nSPS) is 13.2. The number of aromatic nitrogens is 1. The molecule has 2 heterocycles. The number of fused-ring (bicyclic) bond motifs is 1. The fraction of sp³-hybridized carbons (Fsp3) is 0. The summed E-state index contributed by atoms with van der Waals surface area (Å²) in [7, 11) is 0. The van der Waals surface area contributed by atoms with Crippen molar-refractivity contribution >= 4 is 29.2 Å². The number of imide groups is 1. The molecular weight excluding hydrogens is 317 g/mol. The van der Waals surface area contributed by atoms with Crippen LogP contribution < -0.4 is 16.6 Å². The predicted octanol–water partition coefficient (Wildman–Crippen LogP) is 0.801. The van der Waals surface area contributed by atoms with Gasteiger partial charge in [-0.15, -0.1) is 0 Å². The van der Waals surface area contributed by atoms with Gasteiger partial charge in [0.2, 0.25) is 0 Å². The molecule has 2 aromatic rings. The van der Waals surface area contributed by atoms with Crippen molar-refractivity contribution in [2.75, 3.05) is 5.73 Å². The minimum Gasteiger partial charge on any atom is -0.506 e. The van der Waals surface area contributed by atoms with E-state index in [9.17, 15) is 23.9 Å². The van der Waals surface area contributed by atoms with Gasteiger partial charge in [-0.2, -0.15) is 0 Å². The molecule has 0 fully saturated rings. The Labute approximate surface area is 126 Å². The minimum atomic E-state index is -0.886. The summed E-state index contributed by atoms with van der Waals surface area (Å²) in [6, 6.07) is 2.61. The van der Waals surface area contributed by atoms with Gasteiger partial charge in [-0.25, -0.2) is 4.39 Å². The number of carbonyl (C=O) groups excluding carboxylic acids is 2. The number of phenolic OH excluding ortho intramolecular Hbond substituents is 1.